The molecule has 0 bridgehead atoms. The van der Waals surface area contributed by atoms with Crippen molar-refractivity contribution in [3.63, 3.8) is 0 Å². The van der Waals surface area contributed by atoms with E-state index in [1.165, 1.54) is 0 Å². The number of hydrogen-bond acceptors (Lipinski definition) is 2. The second kappa shape index (κ2) is 5.05. The van der Waals surface area contributed by atoms with Crippen LogP contribution in [0.2, 0.25) is 0 Å². The predicted octanol–water partition coefficient (Wildman–Crippen LogP) is 0.676. The van der Waals surface area contributed by atoms with Crippen molar-refractivity contribution in [2.45, 2.75) is 25.1 Å². The maximum atomic E-state index is 12.7. The molecule has 1 saturated heterocycles. The lowest BCUT2D eigenvalue weighted by Crippen LogP contribution is -2.40. The second-order valence-corrected chi connectivity index (χ2v) is 3.35. The summed E-state index contributed by atoms with van der Waals surface area (Å²) >= 11 is 0. The van der Waals surface area contributed by atoms with Crippen LogP contribution < -0.4 is 10.6 Å². The minimum atomic E-state index is -0.957. The van der Waals surface area contributed by atoms with E-state index >= 15 is 0 Å². The Morgan fingerprint density at radius 1 is 1.64 bits per heavy atom. The lowest BCUT2D eigenvalue weighted by Gasteiger charge is -2.09. The van der Waals surface area contributed by atoms with E-state index in [4.69, 9.17) is 0 Å². The van der Waals surface area contributed by atoms with E-state index in [1.54, 1.807) is 0 Å². The Kier molecular flexibility index (Phi) is 4.00. The van der Waals surface area contributed by atoms with Crippen LogP contribution in [0, 0.1) is 0 Å². The first-order valence-corrected chi connectivity index (χ1v) is 4.58. The van der Waals surface area contributed by atoms with Crippen LogP contribution in [0.1, 0.15) is 12.8 Å². The quantitative estimate of drug-likeness (QED) is 0.707. The van der Waals surface area contributed by atoms with Crippen molar-refractivity contribution < 1.29 is 13.6 Å². The first-order valence-electron chi connectivity index (χ1n) is 4.58. The van der Waals surface area contributed by atoms with E-state index in [0.29, 0.717) is 0 Å². The number of hydrogen-bond donors (Lipinski definition) is 2. The average molecular weight is 204 g/mol. The normalized spacial score (nSPS) is 26.1. The fourth-order valence-electron chi connectivity index (χ4n) is 1.34. The monoisotopic (exact) mass is 204 g/mol. The summed E-state index contributed by atoms with van der Waals surface area (Å²) in [4.78, 5) is 11.3. The summed E-state index contributed by atoms with van der Waals surface area (Å²) in [7, 11) is 0. The number of alkyl halides is 1. The number of halogens is 2. The van der Waals surface area contributed by atoms with E-state index in [0.717, 1.165) is 0 Å². The molecule has 1 amide bonds. The van der Waals surface area contributed by atoms with Gasteiger partial charge in [-0.05, 0) is 0 Å². The number of amides is 1. The third-order valence-electron chi connectivity index (χ3n) is 2.09. The molecule has 1 heterocycles. The highest BCUT2D eigenvalue weighted by Gasteiger charge is 2.28. The number of nitrogens with one attached hydrogen (secondary N) is 2. The molecule has 1 fully saturated rings. The van der Waals surface area contributed by atoms with Crippen molar-refractivity contribution in [2.24, 2.45) is 0 Å². The third kappa shape index (κ3) is 3.41. The molecule has 0 radical (unpaired) electrons. The molecule has 0 saturated carbocycles. The first kappa shape index (κ1) is 11.1. The van der Waals surface area contributed by atoms with Crippen molar-refractivity contribution in [2.75, 3.05) is 13.1 Å². The van der Waals surface area contributed by atoms with Gasteiger partial charge in [-0.3, -0.25) is 4.79 Å². The van der Waals surface area contributed by atoms with Gasteiger partial charge in [0.2, 0.25) is 5.91 Å². The molecule has 1 aliphatic rings. The number of carbonyl (C=O) groups excluding carboxylic acids is 1. The predicted molar refractivity (Wildman–Crippen MR) is 49.2 cm³/mol. The number of carbonyl (C=O) groups is 1. The largest absolute Gasteiger partial charge is 0.354 e. The summed E-state index contributed by atoms with van der Waals surface area (Å²) in [5, 5.41) is 5.25. The molecule has 2 N–H and O–H groups in total. The molecule has 0 aliphatic carbocycles. The molecule has 1 aliphatic heterocycles. The molecular weight excluding hydrogens is 190 g/mol. The van der Waals surface area contributed by atoms with Gasteiger partial charge in [0.05, 0.1) is 11.9 Å². The smallest absolute Gasteiger partial charge is 0.237 e. The van der Waals surface area contributed by atoms with Crippen LogP contribution in [0.25, 0.3) is 0 Å². The molecule has 3 nitrogen and oxygen atoms in total. The van der Waals surface area contributed by atoms with Gasteiger partial charge in [-0.1, -0.05) is 6.58 Å². The van der Waals surface area contributed by atoms with Gasteiger partial charge in [0.25, 0.3) is 0 Å². The third-order valence-corrected chi connectivity index (χ3v) is 2.09. The minimum absolute atomic E-state index is 0.109. The molecule has 0 aromatic carbocycles. The zero-order valence-corrected chi connectivity index (χ0v) is 7.85. The Hall–Kier alpha value is -0.970. The molecule has 2 atom stereocenters. The van der Waals surface area contributed by atoms with Gasteiger partial charge in [-0.15, -0.1) is 0 Å². The second-order valence-electron chi connectivity index (χ2n) is 3.35. The van der Waals surface area contributed by atoms with Crippen LogP contribution in [0.5, 0.6) is 0 Å². The van der Waals surface area contributed by atoms with Gasteiger partial charge < -0.3 is 10.6 Å². The molecule has 0 spiro atoms. The standard InChI is InChI=1S/C9H14F2N2O/c1-6(10)2-3-12-9(14)8-4-7(11)5-13-8/h7-8,13H,1-5H2,(H,12,14). The molecule has 80 valence electrons. The van der Waals surface area contributed by atoms with E-state index in [9.17, 15) is 13.6 Å². The van der Waals surface area contributed by atoms with E-state index < -0.39 is 18.0 Å². The molecule has 0 aromatic rings. The highest BCUT2D eigenvalue weighted by molar-refractivity contribution is 5.82. The van der Waals surface area contributed by atoms with Crippen LogP contribution in [-0.2, 0) is 4.79 Å². The van der Waals surface area contributed by atoms with Crippen molar-refractivity contribution >= 4 is 5.91 Å². The van der Waals surface area contributed by atoms with E-state index in [-0.39, 0.29) is 31.8 Å². The Bertz CT molecular complexity index is 233. The Labute approximate surface area is 81.6 Å². The summed E-state index contributed by atoms with van der Waals surface area (Å²) in [5.41, 5.74) is 0. The summed E-state index contributed by atoms with van der Waals surface area (Å²) < 4.78 is 24.8. The highest BCUT2D eigenvalue weighted by Crippen LogP contribution is 2.09. The lowest BCUT2D eigenvalue weighted by atomic mass is 10.2. The maximum Gasteiger partial charge on any atom is 0.237 e. The lowest BCUT2D eigenvalue weighted by molar-refractivity contribution is -0.122. The average Bonchev–Trinajstić information content (AvgIpc) is 2.51. The topological polar surface area (TPSA) is 41.1 Å². The Morgan fingerprint density at radius 2 is 2.36 bits per heavy atom. The van der Waals surface area contributed by atoms with Gasteiger partial charge in [0, 0.05) is 25.9 Å². The van der Waals surface area contributed by atoms with E-state index in [1.807, 2.05) is 0 Å². The summed E-state index contributed by atoms with van der Waals surface area (Å²) in [6.07, 6.45) is -0.651. The highest BCUT2D eigenvalue weighted by atomic mass is 19.1. The van der Waals surface area contributed by atoms with Crippen LogP contribution in [0.3, 0.4) is 0 Å². The van der Waals surface area contributed by atoms with Gasteiger partial charge >= 0.3 is 0 Å². The van der Waals surface area contributed by atoms with Crippen LogP contribution >= 0.6 is 0 Å². The van der Waals surface area contributed by atoms with Gasteiger partial charge in [0.15, 0.2) is 0 Å². The maximum absolute atomic E-state index is 12.7. The van der Waals surface area contributed by atoms with Crippen molar-refractivity contribution in [1.82, 2.24) is 10.6 Å². The van der Waals surface area contributed by atoms with Crippen LogP contribution in [0.4, 0.5) is 8.78 Å². The van der Waals surface area contributed by atoms with Gasteiger partial charge in [0.1, 0.15) is 6.17 Å². The molecule has 1 rings (SSSR count). The molecule has 5 heteroatoms. The number of rotatable bonds is 4. The van der Waals surface area contributed by atoms with Gasteiger partial charge in [-0.2, -0.15) is 0 Å². The first-order chi connectivity index (χ1) is 6.59. The molecule has 2 unspecified atom stereocenters. The Morgan fingerprint density at radius 3 is 2.86 bits per heavy atom. The van der Waals surface area contributed by atoms with Gasteiger partial charge in [-0.25, -0.2) is 8.78 Å². The summed E-state index contributed by atoms with van der Waals surface area (Å²) in [6.45, 7) is 3.50. The fourth-order valence-corrected chi connectivity index (χ4v) is 1.34. The summed E-state index contributed by atoms with van der Waals surface area (Å²) in [6, 6.07) is -0.474. The molecule has 0 aromatic heterocycles. The Balaban J connectivity index is 2.18. The molecule has 14 heavy (non-hydrogen) atoms. The molecular formula is C9H14F2N2O. The fraction of sp³-hybridized carbons (Fsp3) is 0.667. The van der Waals surface area contributed by atoms with E-state index in [2.05, 4.69) is 17.2 Å². The van der Waals surface area contributed by atoms with Crippen molar-refractivity contribution in [3.8, 4) is 0 Å². The SMILES string of the molecule is C=C(F)CCNC(=O)C1CC(F)CN1. The zero-order valence-electron chi connectivity index (χ0n) is 7.85. The minimum Gasteiger partial charge on any atom is -0.354 e. The van der Waals surface area contributed by atoms with Crippen molar-refractivity contribution in [3.05, 3.63) is 12.4 Å². The van der Waals surface area contributed by atoms with Crippen LogP contribution in [0.15, 0.2) is 12.4 Å². The zero-order chi connectivity index (χ0) is 10.6. The van der Waals surface area contributed by atoms with Crippen LogP contribution in [-0.4, -0.2) is 31.2 Å². The van der Waals surface area contributed by atoms with Crippen molar-refractivity contribution in [1.29, 1.82) is 0 Å². The summed E-state index contributed by atoms with van der Waals surface area (Å²) in [5.74, 6) is -0.737.